The molecule has 0 heterocycles. The minimum Gasteiger partial charge on any atom is -1.00 e. The number of benzene rings is 1. The number of alkyl halides is 1. The summed E-state index contributed by atoms with van der Waals surface area (Å²) >= 11 is 5.67. The quantitative estimate of drug-likeness (QED) is 0.555. The molecule has 2 nitrogen and oxygen atoms in total. The first-order valence-corrected chi connectivity index (χ1v) is 6.26. The van der Waals surface area contributed by atoms with Crippen molar-refractivity contribution in [1.29, 1.82) is 0 Å². The van der Waals surface area contributed by atoms with Gasteiger partial charge in [-0.15, -0.1) is 11.6 Å². The van der Waals surface area contributed by atoms with E-state index in [4.69, 9.17) is 11.6 Å². The molecule has 0 radical (unpaired) electrons. The SMILES string of the molecule is C[N+](C)(CC(O)CCl)c1cccc2c1CC2.[Br-]. The van der Waals surface area contributed by atoms with Crippen molar-refractivity contribution < 1.29 is 22.1 Å². The van der Waals surface area contributed by atoms with E-state index in [2.05, 4.69) is 32.3 Å². The lowest BCUT2D eigenvalue weighted by Gasteiger charge is -2.35. The fraction of sp³-hybridized carbons (Fsp3) is 0.538. The van der Waals surface area contributed by atoms with Gasteiger partial charge in [0.2, 0.25) is 0 Å². The van der Waals surface area contributed by atoms with Crippen molar-refractivity contribution in [2.24, 2.45) is 0 Å². The number of rotatable bonds is 4. The minimum atomic E-state index is -0.437. The Labute approximate surface area is 119 Å². The maximum atomic E-state index is 9.69. The predicted octanol–water partition coefficient (Wildman–Crippen LogP) is -1.04. The largest absolute Gasteiger partial charge is 1.00 e. The Morgan fingerprint density at radius 3 is 2.59 bits per heavy atom. The van der Waals surface area contributed by atoms with Gasteiger partial charge in [0.25, 0.3) is 0 Å². The molecule has 1 aliphatic rings. The molecule has 1 N–H and O–H groups in total. The molecule has 0 fully saturated rings. The number of hydrogen-bond donors (Lipinski definition) is 1. The fourth-order valence-electron chi connectivity index (χ4n) is 2.47. The standard InChI is InChI=1S/C13H19ClNO.BrH/c1-15(2,9-11(16)8-14)13-5-3-4-10-6-7-12(10)13;/h3-5,11,16H,6-9H2,1-2H3;1H/q+1;/p-1. The number of hydrogen-bond acceptors (Lipinski definition) is 1. The number of quaternary nitrogens is 1. The molecule has 0 bridgehead atoms. The van der Waals surface area contributed by atoms with Crippen molar-refractivity contribution in [1.82, 2.24) is 4.48 Å². The first kappa shape index (κ1) is 15.0. The maximum absolute atomic E-state index is 9.69. The lowest BCUT2D eigenvalue weighted by molar-refractivity contribution is -0.00000612. The van der Waals surface area contributed by atoms with E-state index in [9.17, 15) is 5.11 Å². The second-order valence-electron chi connectivity index (χ2n) is 5.09. The number of halogens is 2. The molecule has 17 heavy (non-hydrogen) atoms. The number of nitrogens with zero attached hydrogens (tertiary/aromatic N) is 1. The van der Waals surface area contributed by atoms with E-state index < -0.39 is 6.10 Å². The van der Waals surface area contributed by atoms with Crippen LogP contribution in [-0.2, 0) is 12.8 Å². The monoisotopic (exact) mass is 319 g/mol. The van der Waals surface area contributed by atoms with Crippen LogP contribution in [0.2, 0.25) is 0 Å². The Morgan fingerprint density at radius 1 is 1.35 bits per heavy atom. The molecule has 0 saturated heterocycles. The van der Waals surface area contributed by atoms with Gasteiger partial charge in [-0.2, -0.15) is 0 Å². The van der Waals surface area contributed by atoms with Crippen LogP contribution < -0.4 is 21.5 Å². The summed E-state index contributed by atoms with van der Waals surface area (Å²) in [7, 11) is 4.26. The summed E-state index contributed by atoms with van der Waals surface area (Å²) in [6, 6.07) is 6.47. The first-order chi connectivity index (χ1) is 7.54. The van der Waals surface area contributed by atoms with E-state index >= 15 is 0 Å². The van der Waals surface area contributed by atoms with Crippen LogP contribution in [0, 0.1) is 0 Å². The molecule has 1 unspecified atom stereocenters. The predicted molar refractivity (Wildman–Crippen MR) is 69.1 cm³/mol. The molecular formula is C13H19BrClNO. The van der Waals surface area contributed by atoms with Crippen molar-refractivity contribution in [3.8, 4) is 0 Å². The van der Waals surface area contributed by atoms with Crippen LogP contribution in [0.5, 0.6) is 0 Å². The highest BCUT2D eigenvalue weighted by molar-refractivity contribution is 6.18. The Bertz CT molecular complexity index is 395. The van der Waals surface area contributed by atoms with Crippen LogP contribution in [0.15, 0.2) is 18.2 Å². The normalized spacial score (nSPS) is 15.5. The lowest BCUT2D eigenvalue weighted by Crippen LogP contribution is -3.00. The van der Waals surface area contributed by atoms with E-state index in [-0.39, 0.29) is 17.0 Å². The van der Waals surface area contributed by atoms with E-state index in [1.165, 1.54) is 29.7 Å². The smallest absolute Gasteiger partial charge is 0.136 e. The third-order valence-electron chi connectivity index (χ3n) is 3.39. The van der Waals surface area contributed by atoms with Crippen LogP contribution >= 0.6 is 11.6 Å². The second-order valence-corrected chi connectivity index (χ2v) is 5.40. The number of aryl methyl sites for hydroxylation is 1. The molecule has 1 aromatic carbocycles. The molecule has 0 aliphatic heterocycles. The van der Waals surface area contributed by atoms with Gasteiger partial charge < -0.3 is 22.1 Å². The molecule has 2 rings (SSSR count). The molecule has 0 saturated carbocycles. The number of aliphatic hydroxyl groups is 1. The summed E-state index contributed by atoms with van der Waals surface area (Å²) in [4.78, 5) is 0. The molecule has 1 atom stereocenters. The third kappa shape index (κ3) is 3.02. The van der Waals surface area contributed by atoms with Gasteiger partial charge in [0.1, 0.15) is 18.3 Å². The summed E-state index contributed by atoms with van der Waals surface area (Å²) in [5.41, 5.74) is 4.26. The van der Waals surface area contributed by atoms with Crippen molar-refractivity contribution >= 4 is 17.3 Å². The van der Waals surface area contributed by atoms with Gasteiger partial charge in [-0.3, -0.25) is 4.48 Å². The Kier molecular flexibility index (Phi) is 5.02. The van der Waals surface area contributed by atoms with Gasteiger partial charge in [-0.1, -0.05) is 12.1 Å². The zero-order valence-electron chi connectivity index (χ0n) is 10.3. The van der Waals surface area contributed by atoms with Crippen molar-refractivity contribution in [3.05, 3.63) is 29.3 Å². The summed E-state index contributed by atoms with van der Waals surface area (Å²) in [6.07, 6.45) is 1.93. The van der Waals surface area contributed by atoms with Crippen molar-refractivity contribution in [2.45, 2.75) is 18.9 Å². The molecule has 0 aromatic heterocycles. The average Bonchev–Trinajstić information content (AvgIpc) is 2.18. The molecule has 1 aliphatic carbocycles. The molecule has 1 aromatic rings. The first-order valence-electron chi connectivity index (χ1n) is 5.73. The van der Waals surface area contributed by atoms with Crippen LogP contribution in [0.4, 0.5) is 5.69 Å². The van der Waals surface area contributed by atoms with E-state index in [0.29, 0.717) is 16.9 Å². The van der Waals surface area contributed by atoms with E-state index in [1.807, 2.05) is 0 Å². The lowest BCUT2D eigenvalue weighted by atomic mass is 9.86. The summed E-state index contributed by atoms with van der Waals surface area (Å²) in [5, 5.41) is 9.69. The van der Waals surface area contributed by atoms with E-state index in [0.717, 1.165) is 0 Å². The van der Waals surface area contributed by atoms with Gasteiger partial charge in [0.15, 0.2) is 0 Å². The van der Waals surface area contributed by atoms with Gasteiger partial charge in [0.05, 0.1) is 20.0 Å². The third-order valence-corrected chi connectivity index (χ3v) is 3.75. The molecular weight excluding hydrogens is 302 g/mol. The number of likely N-dealkylation sites (N-methyl/N-ethyl adjacent to an activating group) is 1. The van der Waals surface area contributed by atoms with Crippen molar-refractivity contribution in [2.75, 3.05) is 26.5 Å². The molecule has 4 heteroatoms. The highest BCUT2D eigenvalue weighted by atomic mass is 79.9. The number of fused-ring (bicyclic) bond motifs is 1. The van der Waals surface area contributed by atoms with Crippen LogP contribution in [0.1, 0.15) is 11.1 Å². The Morgan fingerprint density at radius 2 is 2.06 bits per heavy atom. The van der Waals surface area contributed by atoms with Crippen LogP contribution in [0.25, 0.3) is 0 Å². The maximum Gasteiger partial charge on any atom is 0.136 e. The summed E-state index contributed by atoms with van der Waals surface area (Å²) in [5.74, 6) is 0.302. The second kappa shape index (κ2) is 5.70. The van der Waals surface area contributed by atoms with Crippen molar-refractivity contribution in [3.63, 3.8) is 0 Å². The Hall–Kier alpha value is -0.0900. The number of aliphatic hydroxyl groups excluding tert-OH is 1. The highest BCUT2D eigenvalue weighted by Gasteiger charge is 2.29. The highest BCUT2D eigenvalue weighted by Crippen LogP contribution is 2.34. The van der Waals surface area contributed by atoms with Crippen LogP contribution in [-0.4, -0.2) is 37.7 Å². The fourth-order valence-corrected chi connectivity index (χ4v) is 2.57. The minimum absolute atomic E-state index is 0. The molecule has 0 amide bonds. The summed E-state index contributed by atoms with van der Waals surface area (Å²) < 4.78 is 0.705. The topological polar surface area (TPSA) is 20.2 Å². The zero-order valence-corrected chi connectivity index (χ0v) is 12.6. The Balaban J connectivity index is 0.00000144. The molecule has 96 valence electrons. The van der Waals surface area contributed by atoms with Gasteiger partial charge in [-0.25, -0.2) is 0 Å². The summed E-state index contributed by atoms with van der Waals surface area (Å²) in [6.45, 7) is 0.667. The van der Waals surface area contributed by atoms with Crippen LogP contribution in [0.3, 0.4) is 0 Å². The van der Waals surface area contributed by atoms with Gasteiger partial charge in [-0.05, 0) is 24.5 Å². The van der Waals surface area contributed by atoms with E-state index in [1.54, 1.807) is 0 Å². The van der Waals surface area contributed by atoms with Gasteiger partial charge in [0, 0.05) is 5.56 Å². The zero-order chi connectivity index (χ0) is 11.8. The average molecular weight is 321 g/mol. The van der Waals surface area contributed by atoms with Gasteiger partial charge >= 0.3 is 0 Å². The molecule has 0 spiro atoms.